The van der Waals surface area contributed by atoms with Gasteiger partial charge < -0.3 is 4.90 Å². The molecule has 0 radical (unpaired) electrons. The van der Waals surface area contributed by atoms with E-state index in [0.717, 1.165) is 33.9 Å². The van der Waals surface area contributed by atoms with Gasteiger partial charge in [-0.15, -0.1) is 0 Å². The smallest absolute Gasteiger partial charge is 0.329 e. The minimum atomic E-state index is -4.00. The van der Waals surface area contributed by atoms with Crippen LogP contribution < -0.4 is 5.69 Å². The number of fused-ring (bicyclic) bond motifs is 1. The summed E-state index contributed by atoms with van der Waals surface area (Å²) in [7, 11) is -4.00. The lowest BCUT2D eigenvalue weighted by atomic mass is 10.3. The second-order valence-corrected chi connectivity index (χ2v) is 10.1. The predicted octanol–water partition coefficient (Wildman–Crippen LogP) is 2.41. The van der Waals surface area contributed by atoms with Gasteiger partial charge in [0.2, 0.25) is 15.9 Å². The van der Waals surface area contributed by atoms with Crippen LogP contribution in [-0.4, -0.2) is 58.8 Å². The zero-order chi connectivity index (χ0) is 24.5. The highest BCUT2D eigenvalue weighted by molar-refractivity contribution is 7.89. The molecule has 1 fully saturated rings. The first-order chi connectivity index (χ1) is 16.2. The number of halogens is 2. The first-order valence-corrected chi connectivity index (χ1v) is 12.6. The largest absolute Gasteiger partial charge is 0.340 e. The van der Waals surface area contributed by atoms with Crippen molar-refractivity contribution in [3.05, 3.63) is 64.6 Å². The van der Waals surface area contributed by atoms with E-state index in [4.69, 9.17) is 0 Å². The van der Waals surface area contributed by atoms with Crippen molar-refractivity contribution in [2.24, 2.45) is 0 Å². The molecule has 0 N–H and O–H groups in total. The highest BCUT2D eigenvalue weighted by Crippen LogP contribution is 2.20. The molecule has 1 aliphatic rings. The molecule has 3 aromatic rings. The second kappa shape index (κ2) is 9.67. The molecular formula is C23H26F2N4O4S. The SMILES string of the molecule is CCCn1c(=O)n(CCC(=O)N2CCN(S(=O)(=O)c3ccc(F)c(F)c3)CC2)c2ccccc21. The third-order valence-corrected chi connectivity index (χ3v) is 7.94. The Morgan fingerprint density at radius 1 is 0.912 bits per heavy atom. The summed E-state index contributed by atoms with van der Waals surface area (Å²) in [5.41, 5.74) is 1.45. The Morgan fingerprint density at radius 2 is 1.53 bits per heavy atom. The van der Waals surface area contributed by atoms with Gasteiger partial charge in [-0.3, -0.25) is 13.9 Å². The van der Waals surface area contributed by atoms with Gasteiger partial charge in [-0.2, -0.15) is 4.31 Å². The number of piperazine rings is 1. The Bertz CT molecular complexity index is 1380. The van der Waals surface area contributed by atoms with E-state index < -0.39 is 21.7 Å². The van der Waals surface area contributed by atoms with E-state index in [1.165, 1.54) is 0 Å². The van der Waals surface area contributed by atoms with Crippen LogP contribution in [0.15, 0.2) is 52.2 Å². The van der Waals surface area contributed by atoms with Crippen LogP contribution >= 0.6 is 0 Å². The number of aryl methyl sites for hydroxylation is 2. The van der Waals surface area contributed by atoms with Crippen molar-refractivity contribution < 1.29 is 22.0 Å². The van der Waals surface area contributed by atoms with E-state index in [0.29, 0.717) is 12.6 Å². The Labute approximate surface area is 196 Å². The van der Waals surface area contributed by atoms with Gasteiger partial charge >= 0.3 is 5.69 Å². The van der Waals surface area contributed by atoms with Crippen molar-refractivity contribution in [1.82, 2.24) is 18.3 Å². The van der Waals surface area contributed by atoms with Crippen LogP contribution in [0.1, 0.15) is 19.8 Å². The summed E-state index contributed by atoms with van der Waals surface area (Å²) in [6, 6.07) is 9.93. The van der Waals surface area contributed by atoms with Gasteiger partial charge in [0.15, 0.2) is 11.6 Å². The summed E-state index contributed by atoms with van der Waals surface area (Å²) in [6.07, 6.45) is 0.917. The van der Waals surface area contributed by atoms with E-state index in [2.05, 4.69) is 0 Å². The molecule has 1 aliphatic heterocycles. The lowest BCUT2D eigenvalue weighted by Gasteiger charge is -2.34. The van der Waals surface area contributed by atoms with Gasteiger partial charge in [0, 0.05) is 45.7 Å². The average molecular weight is 493 g/mol. The number of benzene rings is 2. The summed E-state index contributed by atoms with van der Waals surface area (Å²) in [5, 5.41) is 0. The highest BCUT2D eigenvalue weighted by atomic mass is 32.2. The molecule has 0 unspecified atom stereocenters. The van der Waals surface area contributed by atoms with Crippen molar-refractivity contribution >= 4 is 27.0 Å². The number of hydrogen-bond acceptors (Lipinski definition) is 4. The van der Waals surface area contributed by atoms with E-state index in [-0.39, 0.29) is 55.6 Å². The fourth-order valence-electron chi connectivity index (χ4n) is 4.26. The zero-order valence-corrected chi connectivity index (χ0v) is 19.6. The van der Waals surface area contributed by atoms with Crippen LogP contribution in [0, 0.1) is 11.6 Å². The molecule has 11 heteroatoms. The normalized spacial score (nSPS) is 15.2. The summed E-state index contributed by atoms with van der Waals surface area (Å²) in [4.78, 5) is 26.9. The molecule has 1 amide bonds. The molecule has 0 saturated carbocycles. The molecule has 0 atom stereocenters. The molecule has 4 rings (SSSR count). The molecule has 2 aromatic carbocycles. The van der Waals surface area contributed by atoms with E-state index in [1.807, 2.05) is 31.2 Å². The fraction of sp³-hybridized carbons (Fsp3) is 0.391. The quantitative estimate of drug-likeness (QED) is 0.507. The molecule has 0 bridgehead atoms. The van der Waals surface area contributed by atoms with E-state index in [9.17, 15) is 26.8 Å². The summed E-state index contributed by atoms with van der Waals surface area (Å²) >= 11 is 0. The summed E-state index contributed by atoms with van der Waals surface area (Å²) < 4.78 is 56.6. The van der Waals surface area contributed by atoms with Crippen LogP contribution in [0.5, 0.6) is 0 Å². The van der Waals surface area contributed by atoms with Gasteiger partial charge in [0.25, 0.3) is 0 Å². The number of hydrogen-bond donors (Lipinski definition) is 0. The number of carbonyl (C=O) groups excluding carboxylic acids is 1. The van der Waals surface area contributed by atoms with Gasteiger partial charge in [0.05, 0.1) is 15.9 Å². The topological polar surface area (TPSA) is 84.6 Å². The minimum Gasteiger partial charge on any atom is -0.340 e. The van der Waals surface area contributed by atoms with Crippen LogP contribution in [0.4, 0.5) is 8.78 Å². The maximum atomic E-state index is 13.5. The predicted molar refractivity (Wildman–Crippen MR) is 123 cm³/mol. The third-order valence-electron chi connectivity index (χ3n) is 6.04. The summed E-state index contributed by atoms with van der Waals surface area (Å²) in [6.45, 7) is 3.25. The highest BCUT2D eigenvalue weighted by Gasteiger charge is 2.30. The van der Waals surface area contributed by atoms with Crippen molar-refractivity contribution in [3.63, 3.8) is 0 Å². The van der Waals surface area contributed by atoms with Crippen molar-refractivity contribution in [2.45, 2.75) is 37.8 Å². The minimum absolute atomic E-state index is 0.0445. The molecule has 1 aromatic heterocycles. The zero-order valence-electron chi connectivity index (χ0n) is 18.8. The van der Waals surface area contributed by atoms with Gasteiger partial charge in [-0.25, -0.2) is 22.0 Å². The van der Waals surface area contributed by atoms with Crippen molar-refractivity contribution in [2.75, 3.05) is 26.2 Å². The lowest BCUT2D eigenvalue weighted by molar-refractivity contribution is -0.132. The number of para-hydroxylation sites is 2. The van der Waals surface area contributed by atoms with Gasteiger partial charge in [-0.05, 0) is 36.8 Å². The molecule has 34 heavy (non-hydrogen) atoms. The Balaban J connectivity index is 1.41. The Kier molecular flexibility index (Phi) is 6.85. The number of nitrogens with zero attached hydrogens (tertiary/aromatic N) is 4. The number of sulfonamides is 1. The van der Waals surface area contributed by atoms with Crippen molar-refractivity contribution in [1.29, 1.82) is 0 Å². The Hall–Kier alpha value is -3.05. The van der Waals surface area contributed by atoms with E-state index in [1.54, 1.807) is 14.0 Å². The second-order valence-electron chi connectivity index (χ2n) is 8.19. The maximum absolute atomic E-state index is 13.5. The number of amides is 1. The number of rotatable bonds is 7. The van der Waals surface area contributed by atoms with Crippen LogP contribution in [-0.2, 0) is 27.9 Å². The molecule has 1 saturated heterocycles. The standard InChI is InChI=1S/C23H26F2N4O4S/c1-2-10-28-20-5-3-4-6-21(20)29(23(28)31)11-9-22(30)26-12-14-27(15-13-26)34(32,33)17-7-8-18(24)19(25)16-17/h3-8,16H,2,9-15H2,1H3. The van der Waals surface area contributed by atoms with Crippen LogP contribution in [0.3, 0.4) is 0 Å². The first-order valence-electron chi connectivity index (χ1n) is 11.1. The number of imidazole rings is 1. The average Bonchev–Trinajstić information content (AvgIpc) is 3.10. The molecule has 182 valence electrons. The Morgan fingerprint density at radius 3 is 2.12 bits per heavy atom. The van der Waals surface area contributed by atoms with Crippen LogP contribution in [0.2, 0.25) is 0 Å². The van der Waals surface area contributed by atoms with Crippen molar-refractivity contribution in [3.8, 4) is 0 Å². The molecule has 0 spiro atoms. The molecule has 2 heterocycles. The van der Waals surface area contributed by atoms with Crippen LogP contribution in [0.25, 0.3) is 11.0 Å². The monoisotopic (exact) mass is 492 g/mol. The lowest BCUT2D eigenvalue weighted by Crippen LogP contribution is -2.50. The maximum Gasteiger partial charge on any atom is 0.329 e. The van der Waals surface area contributed by atoms with E-state index >= 15 is 0 Å². The number of aromatic nitrogens is 2. The number of carbonyl (C=O) groups is 1. The first kappa shape index (κ1) is 24.1. The fourth-order valence-corrected chi connectivity index (χ4v) is 5.69. The third kappa shape index (κ3) is 4.49. The summed E-state index contributed by atoms with van der Waals surface area (Å²) in [5.74, 6) is -2.53. The molecule has 8 nitrogen and oxygen atoms in total. The van der Waals surface area contributed by atoms with Gasteiger partial charge in [-0.1, -0.05) is 19.1 Å². The van der Waals surface area contributed by atoms with Gasteiger partial charge in [0.1, 0.15) is 0 Å². The molecule has 0 aliphatic carbocycles. The molecular weight excluding hydrogens is 466 g/mol.